The van der Waals surface area contributed by atoms with Gasteiger partial charge < -0.3 is 14.4 Å². The third kappa shape index (κ3) is 4.11. The molecule has 26 heavy (non-hydrogen) atoms. The van der Waals surface area contributed by atoms with Crippen LogP contribution >= 0.6 is 0 Å². The normalized spacial score (nSPS) is 16.7. The van der Waals surface area contributed by atoms with E-state index in [1.807, 2.05) is 6.92 Å². The van der Waals surface area contributed by atoms with E-state index in [1.54, 1.807) is 0 Å². The summed E-state index contributed by atoms with van der Waals surface area (Å²) in [5.74, 6) is -6.63. The van der Waals surface area contributed by atoms with E-state index in [2.05, 4.69) is 4.74 Å². The lowest BCUT2D eigenvalue weighted by Crippen LogP contribution is -2.42. The van der Waals surface area contributed by atoms with Crippen molar-refractivity contribution in [3.8, 4) is 5.75 Å². The first-order valence-corrected chi connectivity index (χ1v) is 8.61. The number of likely N-dealkylation sites (tertiary alicyclic amines) is 1. The smallest absolute Gasteiger partial charge is 0.328 e. The summed E-state index contributed by atoms with van der Waals surface area (Å²) < 4.78 is 51.2. The first-order chi connectivity index (χ1) is 12.4. The zero-order chi connectivity index (χ0) is 19.3. The molecule has 144 valence electrons. The Kier molecular flexibility index (Phi) is 6.88. The number of amides is 1. The number of carbonyl (C=O) groups excluding carboxylic acids is 2. The number of esters is 1. The third-order valence-corrected chi connectivity index (χ3v) is 4.33. The van der Waals surface area contributed by atoms with Gasteiger partial charge in [-0.2, -0.15) is 4.39 Å². The molecular weight excluding hydrogens is 351 g/mol. The van der Waals surface area contributed by atoms with Crippen LogP contribution in [0.25, 0.3) is 0 Å². The van der Waals surface area contributed by atoms with Crippen molar-refractivity contribution in [2.75, 3.05) is 20.3 Å². The molecule has 8 heteroatoms. The summed E-state index contributed by atoms with van der Waals surface area (Å²) in [6.07, 6.45) is 3.52. The monoisotopic (exact) mass is 373 g/mol. The third-order valence-electron chi connectivity index (χ3n) is 4.33. The van der Waals surface area contributed by atoms with Gasteiger partial charge in [0.15, 0.2) is 17.4 Å². The van der Waals surface area contributed by atoms with Crippen molar-refractivity contribution < 1.29 is 32.2 Å². The summed E-state index contributed by atoms with van der Waals surface area (Å²) >= 11 is 0. The predicted octanol–water partition coefficient (Wildman–Crippen LogP) is 3.45. The van der Waals surface area contributed by atoms with E-state index in [0.717, 1.165) is 31.3 Å². The second kappa shape index (κ2) is 8.91. The summed E-state index contributed by atoms with van der Waals surface area (Å²) in [7, 11) is 0.974. The maximum atomic E-state index is 14.3. The predicted molar refractivity (Wildman–Crippen MR) is 87.4 cm³/mol. The van der Waals surface area contributed by atoms with Crippen molar-refractivity contribution in [1.82, 2.24) is 4.90 Å². The van der Waals surface area contributed by atoms with Gasteiger partial charge in [-0.3, -0.25) is 4.79 Å². The number of ether oxygens (including phenoxy) is 2. The lowest BCUT2D eigenvalue weighted by molar-refractivity contribution is -0.148. The Morgan fingerprint density at radius 3 is 2.62 bits per heavy atom. The van der Waals surface area contributed by atoms with Crippen molar-refractivity contribution in [2.24, 2.45) is 0 Å². The van der Waals surface area contributed by atoms with Crippen LogP contribution in [0, 0.1) is 17.5 Å². The first kappa shape index (κ1) is 20.1. The highest BCUT2D eigenvalue weighted by Gasteiger charge is 2.37. The van der Waals surface area contributed by atoms with Crippen LogP contribution in [0.3, 0.4) is 0 Å². The van der Waals surface area contributed by atoms with Gasteiger partial charge in [-0.25, -0.2) is 13.6 Å². The standard InChI is InChI=1S/C18H22F3NO4/c1-3-4-5-9-26-18(24)13-7-6-8-22(13)17(23)11-10-12(19)15(21)16(25-2)14(11)20/h10,13H,3-9H2,1-2H3. The van der Waals surface area contributed by atoms with E-state index in [4.69, 9.17) is 4.74 Å². The second-order valence-corrected chi connectivity index (χ2v) is 6.10. The molecule has 1 aliphatic rings. The van der Waals surface area contributed by atoms with E-state index < -0.39 is 46.7 Å². The molecule has 1 aliphatic heterocycles. The van der Waals surface area contributed by atoms with Gasteiger partial charge in [-0.1, -0.05) is 19.8 Å². The lowest BCUT2D eigenvalue weighted by Gasteiger charge is -2.24. The molecule has 1 atom stereocenters. The van der Waals surface area contributed by atoms with Gasteiger partial charge >= 0.3 is 5.97 Å². The molecule has 1 aromatic carbocycles. The molecular formula is C18H22F3NO4. The fourth-order valence-electron chi connectivity index (χ4n) is 2.95. The number of halogens is 3. The van der Waals surface area contributed by atoms with E-state index in [9.17, 15) is 22.8 Å². The van der Waals surface area contributed by atoms with E-state index in [0.29, 0.717) is 18.9 Å². The Hall–Kier alpha value is -2.25. The highest BCUT2D eigenvalue weighted by Crippen LogP contribution is 2.29. The summed E-state index contributed by atoms with van der Waals surface area (Å²) in [6, 6.07) is -0.375. The number of methoxy groups -OCH3 is 1. The van der Waals surface area contributed by atoms with Crippen molar-refractivity contribution in [1.29, 1.82) is 0 Å². The fraction of sp³-hybridized carbons (Fsp3) is 0.556. The number of benzene rings is 1. The summed E-state index contributed by atoms with van der Waals surface area (Å²) in [5.41, 5.74) is -0.675. The van der Waals surface area contributed by atoms with Crippen molar-refractivity contribution >= 4 is 11.9 Å². The van der Waals surface area contributed by atoms with Crippen LogP contribution in [0.15, 0.2) is 6.07 Å². The minimum atomic E-state index is -1.50. The molecule has 1 unspecified atom stereocenters. The van der Waals surface area contributed by atoms with Gasteiger partial charge in [0.05, 0.1) is 19.3 Å². The molecule has 1 amide bonds. The molecule has 5 nitrogen and oxygen atoms in total. The van der Waals surface area contributed by atoms with E-state index in [-0.39, 0.29) is 13.2 Å². The van der Waals surface area contributed by atoms with Gasteiger partial charge in [-0.05, 0) is 25.3 Å². The highest BCUT2D eigenvalue weighted by atomic mass is 19.2. The van der Waals surface area contributed by atoms with Gasteiger partial charge in [0.25, 0.3) is 5.91 Å². The molecule has 0 aromatic heterocycles. The Labute approximate surface area is 150 Å². The van der Waals surface area contributed by atoms with Crippen molar-refractivity contribution in [3.05, 3.63) is 29.1 Å². The quantitative estimate of drug-likeness (QED) is 0.417. The Bertz CT molecular complexity index is 681. The number of unbranched alkanes of at least 4 members (excludes halogenated alkanes) is 2. The van der Waals surface area contributed by atoms with Gasteiger partial charge in [0.1, 0.15) is 6.04 Å². The van der Waals surface area contributed by atoms with Crippen LogP contribution < -0.4 is 4.74 Å². The molecule has 2 rings (SSSR count). The Morgan fingerprint density at radius 2 is 1.96 bits per heavy atom. The largest absolute Gasteiger partial charge is 0.491 e. The fourth-order valence-corrected chi connectivity index (χ4v) is 2.95. The van der Waals surface area contributed by atoms with E-state index in [1.165, 1.54) is 0 Å². The molecule has 0 bridgehead atoms. The van der Waals surface area contributed by atoms with Crippen LogP contribution in [0.5, 0.6) is 5.75 Å². The zero-order valence-electron chi connectivity index (χ0n) is 14.8. The number of hydrogen-bond donors (Lipinski definition) is 0. The number of carbonyl (C=O) groups is 2. The van der Waals surface area contributed by atoms with Crippen LogP contribution in [0.4, 0.5) is 13.2 Å². The van der Waals surface area contributed by atoms with Crippen molar-refractivity contribution in [3.63, 3.8) is 0 Å². The van der Waals surface area contributed by atoms with Crippen LogP contribution in [0.2, 0.25) is 0 Å². The summed E-state index contributed by atoms with van der Waals surface area (Å²) in [5, 5.41) is 0. The molecule has 0 spiro atoms. The SMILES string of the molecule is CCCCCOC(=O)C1CCCN1C(=O)c1cc(F)c(F)c(OC)c1F. The van der Waals surface area contributed by atoms with Gasteiger partial charge in [0.2, 0.25) is 5.82 Å². The molecule has 1 heterocycles. The average Bonchev–Trinajstić information content (AvgIpc) is 3.11. The number of nitrogens with zero attached hydrogens (tertiary/aromatic N) is 1. The Morgan fingerprint density at radius 1 is 1.23 bits per heavy atom. The maximum Gasteiger partial charge on any atom is 0.328 e. The molecule has 0 aliphatic carbocycles. The van der Waals surface area contributed by atoms with Crippen LogP contribution in [0.1, 0.15) is 49.4 Å². The summed E-state index contributed by atoms with van der Waals surface area (Å²) in [6.45, 7) is 2.47. The van der Waals surface area contributed by atoms with Crippen LogP contribution in [-0.4, -0.2) is 43.1 Å². The highest BCUT2D eigenvalue weighted by molar-refractivity contribution is 5.97. The molecule has 1 fully saturated rings. The number of hydrogen-bond acceptors (Lipinski definition) is 4. The minimum Gasteiger partial charge on any atom is -0.491 e. The molecule has 0 N–H and O–H groups in total. The van der Waals surface area contributed by atoms with Gasteiger partial charge in [0, 0.05) is 6.54 Å². The second-order valence-electron chi connectivity index (χ2n) is 6.10. The molecule has 1 aromatic rings. The molecule has 0 radical (unpaired) electrons. The van der Waals surface area contributed by atoms with Crippen LogP contribution in [-0.2, 0) is 9.53 Å². The minimum absolute atomic E-state index is 0.203. The number of rotatable bonds is 7. The Balaban J connectivity index is 2.18. The zero-order valence-corrected chi connectivity index (χ0v) is 14.8. The molecule has 1 saturated heterocycles. The average molecular weight is 373 g/mol. The van der Waals surface area contributed by atoms with Crippen molar-refractivity contribution in [2.45, 2.75) is 45.1 Å². The maximum absolute atomic E-state index is 14.3. The van der Waals surface area contributed by atoms with E-state index >= 15 is 0 Å². The molecule has 0 saturated carbocycles. The topological polar surface area (TPSA) is 55.8 Å². The first-order valence-electron chi connectivity index (χ1n) is 8.61. The van der Waals surface area contributed by atoms with Gasteiger partial charge in [-0.15, -0.1) is 0 Å². The lowest BCUT2D eigenvalue weighted by atomic mass is 10.1. The summed E-state index contributed by atoms with van der Waals surface area (Å²) in [4.78, 5) is 26.0.